The Bertz CT molecular complexity index is 448. The Balaban J connectivity index is 2.23. The average molecular weight is 223 g/mol. The summed E-state index contributed by atoms with van der Waals surface area (Å²) < 4.78 is 2.25. The van der Waals surface area contributed by atoms with E-state index in [9.17, 15) is 0 Å². The van der Waals surface area contributed by atoms with E-state index in [1.165, 1.54) is 10.9 Å². The molecule has 1 aromatic heterocycles. The van der Waals surface area contributed by atoms with Gasteiger partial charge in [0.1, 0.15) is 0 Å². The van der Waals surface area contributed by atoms with Crippen LogP contribution in [0.2, 0.25) is 5.02 Å². The molecule has 0 aliphatic carbocycles. The molecule has 2 nitrogen and oxygen atoms in total. The molecule has 0 aliphatic rings. The summed E-state index contributed by atoms with van der Waals surface area (Å²) in [6.07, 6.45) is 3.25. The standard InChI is InChI=1S/C12H15ClN2/c1-14-6-2-7-15-8-5-10-3-4-11(13)9-12(10)15/h3-5,8-9,14H,2,6-7H2,1H3. The van der Waals surface area contributed by atoms with Crippen LogP contribution >= 0.6 is 11.6 Å². The summed E-state index contributed by atoms with van der Waals surface area (Å²) in [6.45, 7) is 2.07. The second kappa shape index (κ2) is 4.69. The molecule has 0 radical (unpaired) electrons. The number of benzene rings is 1. The highest BCUT2D eigenvalue weighted by Gasteiger charge is 2.00. The summed E-state index contributed by atoms with van der Waals surface area (Å²) in [5.41, 5.74) is 1.22. The van der Waals surface area contributed by atoms with Crippen LogP contribution in [-0.4, -0.2) is 18.2 Å². The van der Waals surface area contributed by atoms with Crippen LogP contribution in [0, 0.1) is 0 Å². The summed E-state index contributed by atoms with van der Waals surface area (Å²) in [4.78, 5) is 0. The number of fused-ring (bicyclic) bond motifs is 1. The maximum atomic E-state index is 5.98. The van der Waals surface area contributed by atoms with Crippen LogP contribution in [0.25, 0.3) is 10.9 Å². The van der Waals surface area contributed by atoms with E-state index < -0.39 is 0 Å². The molecule has 0 atom stereocenters. The van der Waals surface area contributed by atoms with Gasteiger partial charge in [0, 0.05) is 23.3 Å². The molecule has 0 amide bonds. The lowest BCUT2D eigenvalue weighted by Gasteiger charge is -2.05. The zero-order valence-electron chi connectivity index (χ0n) is 8.83. The van der Waals surface area contributed by atoms with E-state index in [-0.39, 0.29) is 0 Å². The van der Waals surface area contributed by atoms with E-state index >= 15 is 0 Å². The fourth-order valence-corrected chi connectivity index (χ4v) is 1.94. The Morgan fingerprint density at radius 3 is 3.00 bits per heavy atom. The van der Waals surface area contributed by atoms with Gasteiger partial charge in [-0.3, -0.25) is 0 Å². The first-order valence-electron chi connectivity index (χ1n) is 5.20. The molecule has 0 unspecified atom stereocenters. The van der Waals surface area contributed by atoms with E-state index in [0.717, 1.165) is 24.5 Å². The molecule has 0 fully saturated rings. The molecule has 0 saturated heterocycles. The molecule has 1 heterocycles. The molecule has 1 aromatic carbocycles. The highest BCUT2D eigenvalue weighted by atomic mass is 35.5. The van der Waals surface area contributed by atoms with Gasteiger partial charge in [-0.1, -0.05) is 17.7 Å². The Kier molecular flexibility index (Phi) is 3.29. The second-order valence-corrected chi connectivity index (χ2v) is 4.11. The highest BCUT2D eigenvalue weighted by molar-refractivity contribution is 6.31. The summed E-state index contributed by atoms with van der Waals surface area (Å²) in [7, 11) is 1.98. The van der Waals surface area contributed by atoms with Gasteiger partial charge in [0.2, 0.25) is 0 Å². The molecule has 0 aliphatic heterocycles. The SMILES string of the molecule is CNCCCn1ccc2ccc(Cl)cc21. The molecule has 2 rings (SSSR count). The van der Waals surface area contributed by atoms with Crippen LogP contribution in [0.1, 0.15) is 6.42 Å². The molecule has 0 spiro atoms. The van der Waals surface area contributed by atoms with Gasteiger partial charge in [0.25, 0.3) is 0 Å². The van der Waals surface area contributed by atoms with Crippen LogP contribution < -0.4 is 5.32 Å². The molecule has 2 aromatic rings. The van der Waals surface area contributed by atoms with E-state index in [1.807, 2.05) is 19.2 Å². The quantitative estimate of drug-likeness (QED) is 0.788. The minimum atomic E-state index is 0.802. The van der Waals surface area contributed by atoms with Crippen molar-refractivity contribution in [3.8, 4) is 0 Å². The average Bonchev–Trinajstić information content (AvgIpc) is 2.62. The summed E-state index contributed by atoms with van der Waals surface area (Å²) >= 11 is 5.98. The normalized spacial score (nSPS) is 11.1. The first-order chi connectivity index (χ1) is 7.31. The molecule has 1 N–H and O–H groups in total. The third-order valence-corrected chi connectivity index (χ3v) is 2.80. The van der Waals surface area contributed by atoms with Crippen molar-refractivity contribution in [1.29, 1.82) is 0 Å². The molecular formula is C12H15ClN2. The van der Waals surface area contributed by atoms with Gasteiger partial charge in [-0.05, 0) is 43.6 Å². The summed E-state index contributed by atoms with van der Waals surface area (Å²) in [5, 5.41) is 5.21. The third kappa shape index (κ3) is 2.33. The first kappa shape index (κ1) is 10.5. The van der Waals surface area contributed by atoms with Crippen LogP contribution in [0.15, 0.2) is 30.5 Å². The van der Waals surface area contributed by atoms with Crippen molar-refractivity contribution in [3.05, 3.63) is 35.5 Å². The molecule has 15 heavy (non-hydrogen) atoms. The Hall–Kier alpha value is -0.990. The van der Waals surface area contributed by atoms with Crippen molar-refractivity contribution < 1.29 is 0 Å². The zero-order valence-corrected chi connectivity index (χ0v) is 9.59. The highest BCUT2D eigenvalue weighted by Crippen LogP contribution is 2.20. The van der Waals surface area contributed by atoms with Gasteiger partial charge in [-0.25, -0.2) is 0 Å². The van der Waals surface area contributed by atoms with Crippen molar-refractivity contribution in [1.82, 2.24) is 9.88 Å². The van der Waals surface area contributed by atoms with Gasteiger partial charge in [0.05, 0.1) is 0 Å². The van der Waals surface area contributed by atoms with E-state index in [1.54, 1.807) is 0 Å². The van der Waals surface area contributed by atoms with Crippen molar-refractivity contribution >= 4 is 22.5 Å². The fourth-order valence-electron chi connectivity index (χ4n) is 1.78. The van der Waals surface area contributed by atoms with E-state index in [0.29, 0.717) is 0 Å². The van der Waals surface area contributed by atoms with Crippen LogP contribution in [0.3, 0.4) is 0 Å². The van der Waals surface area contributed by atoms with Gasteiger partial charge in [-0.15, -0.1) is 0 Å². The van der Waals surface area contributed by atoms with Crippen molar-refractivity contribution in [3.63, 3.8) is 0 Å². The number of nitrogens with zero attached hydrogens (tertiary/aromatic N) is 1. The number of aryl methyl sites for hydroxylation is 1. The van der Waals surface area contributed by atoms with Gasteiger partial charge >= 0.3 is 0 Å². The topological polar surface area (TPSA) is 17.0 Å². The number of nitrogens with one attached hydrogen (secondary N) is 1. The maximum Gasteiger partial charge on any atom is 0.0495 e. The molecule has 3 heteroatoms. The van der Waals surface area contributed by atoms with Crippen LogP contribution in [0.5, 0.6) is 0 Å². The van der Waals surface area contributed by atoms with Gasteiger partial charge in [-0.2, -0.15) is 0 Å². The van der Waals surface area contributed by atoms with Crippen LogP contribution in [-0.2, 0) is 6.54 Å². The maximum absolute atomic E-state index is 5.98. The van der Waals surface area contributed by atoms with E-state index in [4.69, 9.17) is 11.6 Å². The summed E-state index contributed by atoms with van der Waals surface area (Å²) in [6, 6.07) is 8.15. The Labute approximate surface area is 94.8 Å². The summed E-state index contributed by atoms with van der Waals surface area (Å²) in [5.74, 6) is 0. The van der Waals surface area contributed by atoms with Crippen molar-refractivity contribution in [2.24, 2.45) is 0 Å². The second-order valence-electron chi connectivity index (χ2n) is 3.67. The predicted octanol–water partition coefficient (Wildman–Crippen LogP) is 2.90. The van der Waals surface area contributed by atoms with Crippen molar-refractivity contribution in [2.75, 3.05) is 13.6 Å². The predicted molar refractivity (Wildman–Crippen MR) is 65.5 cm³/mol. The van der Waals surface area contributed by atoms with Gasteiger partial charge in [0.15, 0.2) is 0 Å². The number of hydrogen-bond acceptors (Lipinski definition) is 1. The lowest BCUT2D eigenvalue weighted by atomic mass is 10.2. The smallest absolute Gasteiger partial charge is 0.0495 e. The lowest BCUT2D eigenvalue weighted by molar-refractivity contribution is 0.627. The van der Waals surface area contributed by atoms with Gasteiger partial charge < -0.3 is 9.88 Å². The molecule has 80 valence electrons. The lowest BCUT2D eigenvalue weighted by Crippen LogP contribution is -2.10. The zero-order chi connectivity index (χ0) is 10.7. The number of rotatable bonds is 4. The fraction of sp³-hybridized carbons (Fsp3) is 0.333. The number of hydrogen-bond donors (Lipinski definition) is 1. The minimum absolute atomic E-state index is 0.802. The largest absolute Gasteiger partial charge is 0.347 e. The van der Waals surface area contributed by atoms with Crippen molar-refractivity contribution in [2.45, 2.75) is 13.0 Å². The Morgan fingerprint density at radius 1 is 1.33 bits per heavy atom. The monoisotopic (exact) mass is 222 g/mol. The molecular weight excluding hydrogens is 208 g/mol. The Morgan fingerprint density at radius 2 is 2.20 bits per heavy atom. The molecule has 0 saturated carbocycles. The third-order valence-electron chi connectivity index (χ3n) is 2.56. The first-order valence-corrected chi connectivity index (χ1v) is 5.58. The van der Waals surface area contributed by atoms with Crippen LogP contribution in [0.4, 0.5) is 0 Å². The minimum Gasteiger partial charge on any atom is -0.347 e. The number of aromatic nitrogens is 1. The molecule has 0 bridgehead atoms. The van der Waals surface area contributed by atoms with E-state index in [2.05, 4.69) is 28.2 Å². The number of halogens is 1.